The van der Waals surface area contributed by atoms with Gasteiger partial charge in [-0.25, -0.2) is 0 Å². The van der Waals surface area contributed by atoms with Gasteiger partial charge in [0, 0.05) is 16.0 Å². The molecule has 0 aromatic heterocycles. The molecule has 100 valence electrons. The van der Waals surface area contributed by atoms with Gasteiger partial charge in [-0.15, -0.1) is 0 Å². The van der Waals surface area contributed by atoms with Crippen molar-refractivity contribution in [3.63, 3.8) is 0 Å². The molecule has 1 N–H and O–H groups in total. The van der Waals surface area contributed by atoms with Crippen LogP contribution in [0.1, 0.15) is 12.5 Å². The van der Waals surface area contributed by atoms with Crippen LogP contribution in [0.2, 0.25) is 5.02 Å². The molecule has 2 aromatic carbocycles. The molecule has 0 unspecified atom stereocenters. The molecule has 0 amide bonds. The van der Waals surface area contributed by atoms with E-state index in [0.29, 0.717) is 18.2 Å². The van der Waals surface area contributed by atoms with Crippen LogP contribution in [0.3, 0.4) is 0 Å². The molecule has 0 saturated heterocycles. The summed E-state index contributed by atoms with van der Waals surface area (Å²) < 4.78 is 6.66. The first-order valence-corrected chi connectivity index (χ1v) is 7.27. The number of ether oxygens (including phenoxy) is 1. The van der Waals surface area contributed by atoms with Gasteiger partial charge in [-0.2, -0.15) is 0 Å². The largest absolute Gasteiger partial charge is 0.492 e. The lowest BCUT2D eigenvalue weighted by molar-refractivity contribution is 0.341. The van der Waals surface area contributed by atoms with Crippen molar-refractivity contribution in [1.82, 2.24) is 0 Å². The Morgan fingerprint density at radius 2 is 2.00 bits per heavy atom. The van der Waals surface area contributed by atoms with Gasteiger partial charge in [-0.3, -0.25) is 0 Å². The van der Waals surface area contributed by atoms with E-state index in [1.807, 2.05) is 43.3 Å². The van der Waals surface area contributed by atoms with Crippen molar-refractivity contribution in [1.29, 1.82) is 0 Å². The zero-order valence-electron chi connectivity index (χ0n) is 10.6. The lowest BCUT2D eigenvalue weighted by Crippen LogP contribution is -2.03. The van der Waals surface area contributed by atoms with E-state index in [0.717, 1.165) is 15.9 Å². The third-order valence-corrected chi connectivity index (χ3v) is 3.68. The van der Waals surface area contributed by atoms with Gasteiger partial charge >= 0.3 is 0 Å². The first kappa shape index (κ1) is 14.2. The van der Waals surface area contributed by atoms with Crippen LogP contribution in [0.15, 0.2) is 46.9 Å². The Bertz CT molecular complexity index is 560. The second-order valence-electron chi connectivity index (χ2n) is 4.02. The smallest absolute Gasteiger partial charge is 0.142 e. The minimum absolute atomic E-state index is 0.630. The molecule has 2 aromatic rings. The summed E-state index contributed by atoms with van der Waals surface area (Å²) in [4.78, 5) is 0. The number of hydrogen-bond donors (Lipinski definition) is 1. The molecule has 2 nitrogen and oxygen atoms in total. The Morgan fingerprint density at radius 3 is 2.74 bits per heavy atom. The fourth-order valence-electron chi connectivity index (χ4n) is 1.75. The van der Waals surface area contributed by atoms with Gasteiger partial charge in [-0.05, 0) is 36.8 Å². The highest BCUT2D eigenvalue weighted by Gasteiger charge is 2.05. The van der Waals surface area contributed by atoms with Crippen LogP contribution >= 0.6 is 27.5 Å². The van der Waals surface area contributed by atoms with E-state index in [9.17, 15) is 0 Å². The van der Waals surface area contributed by atoms with Crippen molar-refractivity contribution >= 4 is 33.2 Å². The van der Waals surface area contributed by atoms with E-state index in [4.69, 9.17) is 16.3 Å². The molecule has 2 rings (SSSR count). The standard InChI is InChI=1S/C15H15BrClNO/c1-2-19-15-8-7-12(17)9-14(15)18-10-11-5-3-4-6-13(11)16/h3-9,18H,2,10H2,1H3. The third kappa shape index (κ3) is 3.88. The second-order valence-corrected chi connectivity index (χ2v) is 5.31. The summed E-state index contributed by atoms with van der Waals surface area (Å²) in [7, 11) is 0. The molecule has 0 bridgehead atoms. The second kappa shape index (κ2) is 6.83. The first-order chi connectivity index (χ1) is 9.20. The first-order valence-electron chi connectivity index (χ1n) is 6.10. The Morgan fingerprint density at radius 1 is 1.21 bits per heavy atom. The molecule has 0 radical (unpaired) electrons. The fourth-order valence-corrected chi connectivity index (χ4v) is 2.35. The third-order valence-electron chi connectivity index (χ3n) is 2.67. The van der Waals surface area contributed by atoms with Crippen LogP contribution in [-0.4, -0.2) is 6.61 Å². The van der Waals surface area contributed by atoms with E-state index >= 15 is 0 Å². The van der Waals surface area contributed by atoms with Crippen molar-refractivity contribution in [3.8, 4) is 5.75 Å². The molecule has 0 aliphatic carbocycles. The summed E-state index contributed by atoms with van der Waals surface area (Å²) in [5.41, 5.74) is 2.09. The van der Waals surface area contributed by atoms with E-state index in [1.54, 1.807) is 0 Å². The molecule has 0 heterocycles. The van der Waals surface area contributed by atoms with Crippen LogP contribution in [-0.2, 0) is 6.54 Å². The van der Waals surface area contributed by atoms with Crippen molar-refractivity contribution < 1.29 is 4.74 Å². The normalized spacial score (nSPS) is 10.3. The molecule has 0 aliphatic rings. The number of halogens is 2. The van der Waals surface area contributed by atoms with Gasteiger partial charge in [0.2, 0.25) is 0 Å². The van der Waals surface area contributed by atoms with E-state index in [1.165, 1.54) is 5.56 Å². The highest BCUT2D eigenvalue weighted by molar-refractivity contribution is 9.10. The molecule has 0 spiro atoms. The maximum atomic E-state index is 6.03. The quantitative estimate of drug-likeness (QED) is 0.816. The zero-order chi connectivity index (χ0) is 13.7. The van der Waals surface area contributed by atoms with Crippen molar-refractivity contribution in [3.05, 3.63) is 57.5 Å². The molecule has 0 atom stereocenters. The van der Waals surface area contributed by atoms with Crippen molar-refractivity contribution in [2.45, 2.75) is 13.5 Å². The number of anilines is 1. The monoisotopic (exact) mass is 339 g/mol. The van der Waals surface area contributed by atoms with Gasteiger partial charge in [-0.1, -0.05) is 45.7 Å². The van der Waals surface area contributed by atoms with E-state index in [2.05, 4.69) is 27.3 Å². The SMILES string of the molecule is CCOc1ccc(Cl)cc1NCc1ccccc1Br. The predicted molar refractivity (Wildman–Crippen MR) is 84.1 cm³/mol. The topological polar surface area (TPSA) is 21.3 Å². The predicted octanol–water partition coefficient (Wildman–Crippen LogP) is 5.11. The Balaban J connectivity index is 2.14. The minimum Gasteiger partial charge on any atom is -0.492 e. The van der Waals surface area contributed by atoms with Crippen LogP contribution in [0.25, 0.3) is 0 Å². The molecular formula is C15H15BrClNO. The summed E-state index contributed by atoms with van der Waals surface area (Å²) >= 11 is 9.56. The molecular weight excluding hydrogens is 326 g/mol. The van der Waals surface area contributed by atoms with Crippen LogP contribution in [0.4, 0.5) is 5.69 Å². The Labute approximate surface area is 126 Å². The van der Waals surface area contributed by atoms with Crippen molar-refractivity contribution in [2.75, 3.05) is 11.9 Å². The lowest BCUT2D eigenvalue weighted by atomic mass is 10.2. The van der Waals surface area contributed by atoms with E-state index < -0.39 is 0 Å². The fraction of sp³-hybridized carbons (Fsp3) is 0.200. The molecule has 19 heavy (non-hydrogen) atoms. The number of nitrogens with one attached hydrogen (secondary N) is 1. The zero-order valence-corrected chi connectivity index (χ0v) is 13.0. The Hall–Kier alpha value is -1.19. The number of rotatable bonds is 5. The van der Waals surface area contributed by atoms with Gasteiger partial charge in [0.15, 0.2) is 0 Å². The number of benzene rings is 2. The van der Waals surface area contributed by atoms with Crippen LogP contribution < -0.4 is 10.1 Å². The summed E-state index contributed by atoms with van der Waals surface area (Å²) in [6.45, 7) is 3.30. The lowest BCUT2D eigenvalue weighted by Gasteiger charge is -2.13. The maximum absolute atomic E-state index is 6.03. The maximum Gasteiger partial charge on any atom is 0.142 e. The van der Waals surface area contributed by atoms with Gasteiger partial charge in [0.1, 0.15) is 5.75 Å². The average molecular weight is 341 g/mol. The Kier molecular flexibility index (Phi) is 5.11. The highest BCUT2D eigenvalue weighted by atomic mass is 79.9. The molecule has 4 heteroatoms. The molecule has 0 saturated carbocycles. The summed E-state index contributed by atoms with van der Waals surface area (Å²) in [6.07, 6.45) is 0. The summed E-state index contributed by atoms with van der Waals surface area (Å²) in [6, 6.07) is 13.7. The highest BCUT2D eigenvalue weighted by Crippen LogP contribution is 2.29. The van der Waals surface area contributed by atoms with Crippen molar-refractivity contribution in [2.24, 2.45) is 0 Å². The number of hydrogen-bond acceptors (Lipinski definition) is 2. The average Bonchev–Trinajstić information content (AvgIpc) is 2.41. The van der Waals surface area contributed by atoms with Gasteiger partial charge in [0.05, 0.1) is 12.3 Å². The van der Waals surface area contributed by atoms with Crippen LogP contribution in [0.5, 0.6) is 5.75 Å². The van der Waals surface area contributed by atoms with E-state index in [-0.39, 0.29) is 0 Å². The van der Waals surface area contributed by atoms with Gasteiger partial charge in [0.25, 0.3) is 0 Å². The summed E-state index contributed by atoms with van der Waals surface area (Å²) in [5.74, 6) is 0.818. The summed E-state index contributed by atoms with van der Waals surface area (Å²) in [5, 5.41) is 4.05. The molecule has 0 fully saturated rings. The molecule has 0 aliphatic heterocycles. The minimum atomic E-state index is 0.630. The van der Waals surface area contributed by atoms with Gasteiger partial charge < -0.3 is 10.1 Å². The van der Waals surface area contributed by atoms with Crippen LogP contribution in [0, 0.1) is 0 Å².